The maximum absolute atomic E-state index is 6.18. The number of nitrogens with zero attached hydrogens (tertiary/aromatic N) is 2. The van der Waals surface area contributed by atoms with Gasteiger partial charge in [0.1, 0.15) is 5.82 Å². The molecule has 1 saturated heterocycles. The maximum atomic E-state index is 6.18. The number of rotatable bonds is 5. The Morgan fingerprint density at radius 3 is 3.11 bits per heavy atom. The van der Waals surface area contributed by atoms with Crippen LogP contribution in [0.25, 0.3) is 0 Å². The Labute approximate surface area is 120 Å². The van der Waals surface area contributed by atoms with Gasteiger partial charge in [-0.15, -0.1) is 0 Å². The lowest BCUT2D eigenvalue weighted by atomic mass is 10.1. The molecule has 1 aromatic rings. The van der Waals surface area contributed by atoms with E-state index in [2.05, 4.69) is 22.1 Å². The second kappa shape index (κ2) is 7.08. The molecular formula is C14H22ClN3O. The highest BCUT2D eigenvalue weighted by molar-refractivity contribution is 6.31. The average Bonchev–Trinajstić information content (AvgIpc) is 2.46. The van der Waals surface area contributed by atoms with E-state index in [1.54, 1.807) is 7.11 Å². The Kier molecular flexibility index (Phi) is 5.43. The van der Waals surface area contributed by atoms with Crippen LogP contribution in [0, 0.1) is 0 Å². The molecule has 0 saturated carbocycles. The second-order valence-electron chi connectivity index (χ2n) is 4.82. The summed E-state index contributed by atoms with van der Waals surface area (Å²) in [7, 11) is 1.78. The van der Waals surface area contributed by atoms with E-state index in [1.165, 1.54) is 0 Å². The Bertz CT molecular complexity index is 414. The van der Waals surface area contributed by atoms with Crippen LogP contribution in [0.2, 0.25) is 5.02 Å². The molecule has 0 radical (unpaired) electrons. The normalized spacial score (nSPS) is 19.7. The summed E-state index contributed by atoms with van der Waals surface area (Å²) < 4.78 is 5.45. The molecule has 4 nitrogen and oxygen atoms in total. The van der Waals surface area contributed by atoms with Gasteiger partial charge in [-0.2, -0.15) is 0 Å². The summed E-state index contributed by atoms with van der Waals surface area (Å²) in [4.78, 5) is 6.96. The molecule has 19 heavy (non-hydrogen) atoms. The third-order valence-electron chi connectivity index (χ3n) is 3.48. The van der Waals surface area contributed by atoms with Gasteiger partial charge in [0.15, 0.2) is 0 Å². The van der Waals surface area contributed by atoms with Gasteiger partial charge in [-0.1, -0.05) is 18.5 Å². The molecule has 0 aromatic carbocycles. The lowest BCUT2D eigenvalue weighted by Gasteiger charge is -2.33. The van der Waals surface area contributed by atoms with E-state index in [4.69, 9.17) is 16.3 Å². The first kappa shape index (κ1) is 14.6. The molecule has 1 aliphatic rings. The molecule has 0 bridgehead atoms. The average molecular weight is 284 g/mol. The summed E-state index contributed by atoms with van der Waals surface area (Å²) in [5, 5.41) is 3.99. The van der Waals surface area contributed by atoms with Gasteiger partial charge in [-0.25, -0.2) is 4.98 Å². The van der Waals surface area contributed by atoms with E-state index in [9.17, 15) is 0 Å². The van der Waals surface area contributed by atoms with E-state index >= 15 is 0 Å². The summed E-state index contributed by atoms with van der Waals surface area (Å²) in [6.45, 7) is 5.65. The van der Waals surface area contributed by atoms with E-state index in [1.807, 2.05) is 12.1 Å². The largest absolute Gasteiger partial charge is 0.380 e. The van der Waals surface area contributed by atoms with E-state index in [-0.39, 0.29) is 0 Å². The van der Waals surface area contributed by atoms with E-state index in [0.29, 0.717) is 12.6 Å². The lowest BCUT2D eigenvalue weighted by molar-refractivity contribution is 0.0891. The van der Waals surface area contributed by atoms with Crippen molar-refractivity contribution in [3.05, 3.63) is 22.8 Å². The molecule has 5 heteroatoms. The van der Waals surface area contributed by atoms with Crippen LogP contribution in [0.5, 0.6) is 0 Å². The maximum Gasteiger partial charge on any atom is 0.129 e. The number of ether oxygens (including phenoxy) is 1. The van der Waals surface area contributed by atoms with Crippen molar-refractivity contribution in [2.75, 3.05) is 31.6 Å². The van der Waals surface area contributed by atoms with Crippen LogP contribution in [0.3, 0.4) is 0 Å². The van der Waals surface area contributed by atoms with E-state index < -0.39 is 0 Å². The van der Waals surface area contributed by atoms with Crippen molar-refractivity contribution in [3.8, 4) is 0 Å². The van der Waals surface area contributed by atoms with Crippen molar-refractivity contribution in [2.24, 2.45) is 0 Å². The van der Waals surface area contributed by atoms with Gasteiger partial charge in [0.05, 0.1) is 16.8 Å². The summed E-state index contributed by atoms with van der Waals surface area (Å²) in [6, 6.07) is 3.93. The highest BCUT2D eigenvalue weighted by atomic mass is 35.5. The van der Waals surface area contributed by atoms with Gasteiger partial charge in [-0.3, -0.25) is 0 Å². The van der Waals surface area contributed by atoms with Gasteiger partial charge in [0.25, 0.3) is 0 Å². The van der Waals surface area contributed by atoms with Crippen LogP contribution in [-0.2, 0) is 11.3 Å². The molecule has 2 heterocycles. The van der Waals surface area contributed by atoms with Gasteiger partial charge in [0, 0.05) is 26.7 Å². The molecular weight excluding hydrogens is 262 g/mol. The van der Waals surface area contributed by atoms with Crippen molar-refractivity contribution in [3.63, 3.8) is 0 Å². The first-order valence-corrected chi connectivity index (χ1v) is 7.26. The molecule has 1 aromatic heterocycles. The molecule has 0 amide bonds. The lowest BCUT2D eigenvalue weighted by Crippen LogP contribution is -2.39. The monoisotopic (exact) mass is 283 g/mol. The minimum atomic E-state index is 0.309. The van der Waals surface area contributed by atoms with Crippen LogP contribution < -0.4 is 10.2 Å². The number of hydrogen-bond donors (Lipinski definition) is 1. The fourth-order valence-electron chi connectivity index (χ4n) is 2.35. The predicted octanol–water partition coefficient (Wildman–Crippen LogP) is 2.46. The fourth-order valence-corrected chi connectivity index (χ4v) is 2.53. The summed E-state index contributed by atoms with van der Waals surface area (Å²) in [5.74, 6) is 0.999. The van der Waals surface area contributed by atoms with Crippen LogP contribution >= 0.6 is 11.6 Å². The molecule has 1 unspecified atom stereocenters. The van der Waals surface area contributed by atoms with Crippen LogP contribution in [0.4, 0.5) is 5.82 Å². The molecule has 2 rings (SSSR count). The number of hydrogen-bond acceptors (Lipinski definition) is 4. The topological polar surface area (TPSA) is 37.4 Å². The smallest absolute Gasteiger partial charge is 0.129 e. The standard InChI is InChI=1S/C14H22ClN3O/c1-3-16-9-13-12(15)6-7-14(17-13)18-8-4-5-11(10-18)19-2/h6-7,11,16H,3-5,8-10H2,1-2H3. The number of halogens is 1. The zero-order chi connectivity index (χ0) is 13.7. The van der Waals surface area contributed by atoms with Crippen molar-refractivity contribution >= 4 is 17.4 Å². The summed E-state index contributed by atoms with van der Waals surface area (Å²) >= 11 is 6.18. The number of piperidine rings is 1. The van der Waals surface area contributed by atoms with Gasteiger partial charge in [-0.05, 0) is 31.5 Å². The van der Waals surface area contributed by atoms with Crippen LogP contribution in [0.15, 0.2) is 12.1 Å². The zero-order valence-corrected chi connectivity index (χ0v) is 12.4. The molecule has 106 valence electrons. The SMILES string of the molecule is CCNCc1nc(N2CCCC(OC)C2)ccc1Cl. The van der Waals surface area contributed by atoms with Crippen molar-refractivity contribution in [1.82, 2.24) is 10.3 Å². The Morgan fingerprint density at radius 2 is 2.37 bits per heavy atom. The third kappa shape index (κ3) is 3.81. The zero-order valence-electron chi connectivity index (χ0n) is 11.7. The van der Waals surface area contributed by atoms with E-state index in [0.717, 1.165) is 49.0 Å². The number of aromatic nitrogens is 1. The van der Waals surface area contributed by atoms with Gasteiger partial charge >= 0.3 is 0 Å². The molecule has 0 aliphatic carbocycles. The third-order valence-corrected chi connectivity index (χ3v) is 3.83. The quantitative estimate of drug-likeness (QED) is 0.901. The minimum absolute atomic E-state index is 0.309. The van der Waals surface area contributed by atoms with Crippen molar-refractivity contribution in [2.45, 2.75) is 32.4 Å². The van der Waals surface area contributed by atoms with Gasteiger partial charge in [0.2, 0.25) is 0 Å². The Morgan fingerprint density at radius 1 is 1.53 bits per heavy atom. The highest BCUT2D eigenvalue weighted by Gasteiger charge is 2.20. The molecule has 1 atom stereocenters. The molecule has 0 spiro atoms. The fraction of sp³-hybridized carbons (Fsp3) is 0.643. The predicted molar refractivity (Wildman–Crippen MR) is 78.9 cm³/mol. The number of pyridine rings is 1. The Balaban J connectivity index is 2.10. The first-order valence-electron chi connectivity index (χ1n) is 6.88. The highest BCUT2D eigenvalue weighted by Crippen LogP contribution is 2.23. The Hall–Kier alpha value is -0.840. The molecule has 1 N–H and O–H groups in total. The molecule has 1 aliphatic heterocycles. The van der Waals surface area contributed by atoms with Crippen molar-refractivity contribution in [1.29, 1.82) is 0 Å². The first-order chi connectivity index (χ1) is 9.24. The van der Waals surface area contributed by atoms with Crippen LogP contribution in [0.1, 0.15) is 25.5 Å². The van der Waals surface area contributed by atoms with Crippen LogP contribution in [-0.4, -0.2) is 37.8 Å². The summed E-state index contributed by atoms with van der Waals surface area (Å²) in [5.41, 5.74) is 0.917. The number of methoxy groups -OCH3 is 1. The number of anilines is 1. The van der Waals surface area contributed by atoms with Gasteiger partial charge < -0.3 is 15.0 Å². The second-order valence-corrected chi connectivity index (χ2v) is 5.23. The molecule has 1 fully saturated rings. The number of nitrogens with one attached hydrogen (secondary N) is 1. The van der Waals surface area contributed by atoms with Crippen molar-refractivity contribution < 1.29 is 4.74 Å². The summed E-state index contributed by atoms with van der Waals surface area (Å²) in [6.07, 6.45) is 2.58. The minimum Gasteiger partial charge on any atom is -0.380 e.